The number of phenolic OH excluding ortho intramolecular Hbond substituents is 1. The highest BCUT2D eigenvalue weighted by Gasteiger charge is 2.20. The summed E-state index contributed by atoms with van der Waals surface area (Å²) in [5.41, 5.74) is 1.55. The third kappa shape index (κ3) is 3.51. The zero-order chi connectivity index (χ0) is 23.1. The van der Waals surface area contributed by atoms with E-state index in [4.69, 9.17) is 9.15 Å². The number of hydrogen-bond acceptors (Lipinski definition) is 5. The van der Waals surface area contributed by atoms with Crippen LogP contribution < -0.4 is 10.2 Å². The molecule has 6 heteroatoms. The zero-order valence-electron chi connectivity index (χ0n) is 17.5. The Hall–Kier alpha value is -4.45. The molecule has 0 spiro atoms. The molecule has 0 aliphatic rings. The first kappa shape index (κ1) is 20.5. The molecule has 0 atom stereocenters. The van der Waals surface area contributed by atoms with Crippen LogP contribution in [0.1, 0.15) is 15.9 Å². The van der Waals surface area contributed by atoms with Gasteiger partial charge >= 0.3 is 0 Å². The molecule has 5 nitrogen and oxygen atoms in total. The molecule has 0 fully saturated rings. The predicted octanol–water partition coefficient (Wildman–Crippen LogP) is 5.70. The molecule has 5 aromatic rings. The van der Waals surface area contributed by atoms with Gasteiger partial charge in [-0.05, 0) is 54.1 Å². The molecule has 33 heavy (non-hydrogen) atoms. The molecule has 1 aromatic heterocycles. The summed E-state index contributed by atoms with van der Waals surface area (Å²) in [4.78, 5) is 26.7. The molecule has 0 amide bonds. The zero-order valence-corrected chi connectivity index (χ0v) is 17.5. The fourth-order valence-electron chi connectivity index (χ4n) is 3.87. The normalized spacial score (nSPS) is 11.1. The highest BCUT2D eigenvalue weighted by molar-refractivity contribution is 6.14. The summed E-state index contributed by atoms with van der Waals surface area (Å²) < 4.78 is 25.0. The number of hydrogen-bond donors (Lipinski definition) is 1. The van der Waals surface area contributed by atoms with E-state index in [1.54, 1.807) is 6.07 Å². The van der Waals surface area contributed by atoms with Crippen molar-refractivity contribution >= 4 is 27.7 Å². The largest absolute Gasteiger partial charge is 0.507 e. The fourth-order valence-corrected chi connectivity index (χ4v) is 3.87. The second-order valence-electron chi connectivity index (χ2n) is 7.55. The van der Waals surface area contributed by atoms with Crippen LogP contribution in [0.5, 0.6) is 11.5 Å². The van der Waals surface area contributed by atoms with Crippen LogP contribution >= 0.6 is 0 Å². The van der Waals surface area contributed by atoms with Crippen LogP contribution in [0.25, 0.3) is 33.1 Å². The second-order valence-corrected chi connectivity index (χ2v) is 7.55. The van der Waals surface area contributed by atoms with E-state index in [0.29, 0.717) is 11.3 Å². The Morgan fingerprint density at radius 1 is 0.939 bits per heavy atom. The Kier molecular flexibility index (Phi) is 4.90. The van der Waals surface area contributed by atoms with Crippen LogP contribution in [-0.4, -0.2) is 18.0 Å². The molecule has 5 rings (SSSR count). The molecule has 0 saturated heterocycles. The average molecular weight is 440 g/mol. The number of rotatable bonds is 4. The lowest BCUT2D eigenvalue weighted by Gasteiger charge is -2.12. The van der Waals surface area contributed by atoms with Gasteiger partial charge in [-0.1, -0.05) is 30.3 Å². The first-order valence-electron chi connectivity index (χ1n) is 10.1. The van der Waals surface area contributed by atoms with Crippen LogP contribution in [-0.2, 0) is 0 Å². The first-order valence-corrected chi connectivity index (χ1v) is 10.1. The molecular weight excluding hydrogens is 423 g/mol. The Morgan fingerprint density at radius 3 is 2.48 bits per heavy atom. The minimum Gasteiger partial charge on any atom is -0.507 e. The van der Waals surface area contributed by atoms with Gasteiger partial charge in [0.15, 0.2) is 5.78 Å². The van der Waals surface area contributed by atoms with E-state index in [9.17, 15) is 19.1 Å². The number of benzene rings is 4. The molecular formula is C27H17FO5. The van der Waals surface area contributed by atoms with Crippen molar-refractivity contribution in [1.82, 2.24) is 0 Å². The summed E-state index contributed by atoms with van der Waals surface area (Å²) in [5.74, 6) is -0.869. The van der Waals surface area contributed by atoms with Gasteiger partial charge in [-0.2, -0.15) is 0 Å². The van der Waals surface area contributed by atoms with Gasteiger partial charge in [0.05, 0.1) is 23.4 Å². The summed E-state index contributed by atoms with van der Waals surface area (Å²) in [7, 11) is 1.46. The first-order chi connectivity index (χ1) is 16.0. The number of ketones is 1. The number of aromatic hydroxyl groups is 1. The smallest absolute Gasteiger partial charge is 0.200 e. The number of methoxy groups -OCH3 is 1. The topological polar surface area (TPSA) is 76.7 Å². The number of ether oxygens (including phenoxy) is 1. The Balaban J connectivity index is 1.84. The van der Waals surface area contributed by atoms with Gasteiger partial charge in [-0.25, -0.2) is 4.39 Å². The Bertz CT molecular complexity index is 1600. The Labute approximate surface area is 187 Å². The number of carbonyl (C=O) groups excluding carboxylic acids is 1. The van der Waals surface area contributed by atoms with E-state index in [1.165, 1.54) is 43.5 Å². The van der Waals surface area contributed by atoms with E-state index in [0.717, 1.165) is 11.6 Å². The monoisotopic (exact) mass is 440 g/mol. The summed E-state index contributed by atoms with van der Waals surface area (Å²) in [5, 5.41) is 10.5. The molecule has 1 heterocycles. The Morgan fingerprint density at radius 2 is 1.73 bits per heavy atom. The van der Waals surface area contributed by atoms with E-state index < -0.39 is 17.0 Å². The lowest BCUT2D eigenvalue weighted by molar-refractivity contribution is 0.103. The number of fused-ring (bicyclic) bond motifs is 2. The molecule has 162 valence electrons. The van der Waals surface area contributed by atoms with E-state index in [-0.39, 0.29) is 38.8 Å². The van der Waals surface area contributed by atoms with Crippen LogP contribution in [0.15, 0.2) is 88.1 Å². The molecule has 0 unspecified atom stereocenters. The van der Waals surface area contributed by atoms with Gasteiger partial charge < -0.3 is 14.3 Å². The average Bonchev–Trinajstić information content (AvgIpc) is 2.84. The predicted molar refractivity (Wildman–Crippen MR) is 123 cm³/mol. The van der Waals surface area contributed by atoms with Crippen LogP contribution in [0.3, 0.4) is 0 Å². The van der Waals surface area contributed by atoms with Crippen LogP contribution in [0.2, 0.25) is 0 Å². The van der Waals surface area contributed by atoms with E-state index >= 15 is 0 Å². The highest BCUT2D eigenvalue weighted by Crippen LogP contribution is 2.33. The van der Waals surface area contributed by atoms with Crippen molar-refractivity contribution < 1.29 is 23.4 Å². The molecule has 0 aliphatic heterocycles. The maximum Gasteiger partial charge on any atom is 0.200 e. The van der Waals surface area contributed by atoms with Crippen molar-refractivity contribution in [1.29, 1.82) is 0 Å². The van der Waals surface area contributed by atoms with Crippen molar-refractivity contribution in [2.24, 2.45) is 0 Å². The summed E-state index contributed by atoms with van der Waals surface area (Å²) in [6, 6.07) is 20.3. The van der Waals surface area contributed by atoms with Crippen LogP contribution in [0.4, 0.5) is 4.39 Å². The maximum absolute atomic E-state index is 13.8. The quantitative estimate of drug-likeness (QED) is 0.287. The fraction of sp³-hybridized carbons (Fsp3) is 0.0370. The van der Waals surface area contributed by atoms with Gasteiger partial charge in [0, 0.05) is 11.1 Å². The van der Waals surface area contributed by atoms with Gasteiger partial charge in [0.1, 0.15) is 28.5 Å². The van der Waals surface area contributed by atoms with E-state index in [2.05, 4.69) is 0 Å². The number of carbonyl (C=O) groups is 1. The van der Waals surface area contributed by atoms with Crippen molar-refractivity contribution in [3.05, 3.63) is 106 Å². The second kappa shape index (κ2) is 7.91. The third-order valence-corrected chi connectivity index (χ3v) is 5.53. The maximum atomic E-state index is 13.8. The third-order valence-electron chi connectivity index (χ3n) is 5.53. The van der Waals surface area contributed by atoms with Crippen molar-refractivity contribution in [3.8, 4) is 22.6 Å². The number of halogens is 1. The highest BCUT2D eigenvalue weighted by atomic mass is 19.1. The lowest BCUT2D eigenvalue weighted by Crippen LogP contribution is -2.08. The van der Waals surface area contributed by atoms with Crippen LogP contribution in [0, 0.1) is 5.82 Å². The SMILES string of the molecule is COc1ccc(O)c(C(=O)c2cc(-c3ccccc3)c3oc4ccc(F)cc4c(=O)c3c2)c1. The summed E-state index contributed by atoms with van der Waals surface area (Å²) in [6.45, 7) is 0. The molecule has 4 aromatic carbocycles. The minimum atomic E-state index is -0.564. The summed E-state index contributed by atoms with van der Waals surface area (Å²) in [6.07, 6.45) is 0. The van der Waals surface area contributed by atoms with Gasteiger partial charge in [0.25, 0.3) is 0 Å². The number of phenols is 1. The lowest BCUT2D eigenvalue weighted by atomic mass is 9.94. The molecule has 1 N–H and O–H groups in total. The standard InChI is InChI=1S/C27H17FO5/c1-32-18-8-9-23(29)20(14-18)25(30)16-11-19(15-5-3-2-4-6-15)27-22(12-16)26(31)21-13-17(28)7-10-24(21)33-27/h2-14,29H,1H3. The molecule has 0 bridgehead atoms. The van der Waals surface area contributed by atoms with Crippen molar-refractivity contribution in [2.75, 3.05) is 7.11 Å². The molecule has 0 aliphatic carbocycles. The minimum absolute atomic E-state index is 0.0314. The molecule has 0 saturated carbocycles. The van der Waals surface area contributed by atoms with E-state index in [1.807, 2.05) is 30.3 Å². The van der Waals surface area contributed by atoms with Crippen molar-refractivity contribution in [2.45, 2.75) is 0 Å². The summed E-state index contributed by atoms with van der Waals surface area (Å²) >= 11 is 0. The molecule has 0 radical (unpaired) electrons. The van der Waals surface area contributed by atoms with Crippen molar-refractivity contribution in [3.63, 3.8) is 0 Å². The van der Waals surface area contributed by atoms with Gasteiger partial charge in [0.2, 0.25) is 5.43 Å². The van der Waals surface area contributed by atoms with Gasteiger partial charge in [-0.15, -0.1) is 0 Å². The van der Waals surface area contributed by atoms with Gasteiger partial charge in [-0.3, -0.25) is 9.59 Å².